The predicted molar refractivity (Wildman–Crippen MR) is 96.5 cm³/mol. The number of hydrogen-bond acceptors (Lipinski definition) is 2. The Morgan fingerprint density at radius 3 is 2.60 bits per heavy atom. The van der Waals surface area contributed by atoms with E-state index in [4.69, 9.17) is 11.6 Å². The Labute approximate surface area is 150 Å². The van der Waals surface area contributed by atoms with Crippen LogP contribution in [0, 0.1) is 18.7 Å². The molecule has 2 aromatic carbocycles. The summed E-state index contributed by atoms with van der Waals surface area (Å²) in [4.78, 5) is 28.2. The monoisotopic (exact) mass is 360 g/mol. The van der Waals surface area contributed by atoms with E-state index < -0.39 is 5.92 Å². The predicted octanol–water partition coefficient (Wildman–Crippen LogP) is 3.80. The van der Waals surface area contributed by atoms with Gasteiger partial charge in [0.25, 0.3) is 0 Å². The number of anilines is 2. The van der Waals surface area contributed by atoms with E-state index in [1.807, 2.05) is 13.0 Å². The number of aryl methyl sites for hydroxylation is 1. The molecule has 0 N–H and O–H groups in total. The number of benzene rings is 2. The highest BCUT2D eigenvalue weighted by atomic mass is 35.5. The largest absolute Gasteiger partial charge is 0.315 e. The molecule has 4 nitrogen and oxygen atoms in total. The van der Waals surface area contributed by atoms with Crippen molar-refractivity contribution in [1.29, 1.82) is 0 Å². The molecule has 130 valence electrons. The van der Waals surface area contributed by atoms with E-state index in [0.29, 0.717) is 10.7 Å². The summed E-state index contributed by atoms with van der Waals surface area (Å²) < 4.78 is 13.1. The van der Waals surface area contributed by atoms with Gasteiger partial charge in [0.1, 0.15) is 5.82 Å². The molecule has 25 heavy (non-hydrogen) atoms. The first-order valence-electron chi connectivity index (χ1n) is 7.96. The minimum absolute atomic E-state index is 0.136. The van der Waals surface area contributed by atoms with Gasteiger partial charge in [-0.1, -0.05) is 17.7 Å². The van der Waals surface area contributed by atoms with Crippen LogP contribution in [-0.2, 0) is 9.59 Å². The Kier molecular flexibility index (Phi) is 4.77. The van der Waals surface area contributed by atoms with Gasteiger partial charge in [0.2, 0.25) is 11.8 Å². The van der Waals surface area contributed by atoms with Crippen LogP contribution in [-0.4, -0.2) is 25.4 Å². The van der Waals surface area contributed by atoms with Gasteiger partial charge < -0.3 is 9.80 Å². The van der Waals surface area contributed by atoms with Crippen LogP contribution < -0.4 is 9.80 Å². The zero-order chi connectivity index (χ0) is 18.1. The van der Waals surface area contributed by atoms with Gasteiger partial charge in [0.15, 0.2) is 0 Å². The fourth-order valence-electron chi connectivity index (χ4n) is 3.08. The Balaban J connectivity index is 1.78. The second-order valence-electron chi connectivity index (χ2n) is 6.21. The summed E-state index contributed by atoms with van der Waals surface area (Å²) >= 11 is 6.03. The molecule has 2 aromatic rings. The van der Waals surface area contributed by atoms with Crippen LogP contribution >= 0.6 is 11.6 Å². The molecule has 1 saturated heterocycles. The summed E-state index contributed by atoms with van der Waals surface area (Å²) in [6.07, 6.45) is 0.139. The summed E-state index contributed by atoms with van der Waals surface area (Å²) in [5, 5.41) is 0.552. The fourth-order valence-corrected chi connectivity index (χ4v) is 3.25. The topological polar surface area (TPSA) is 40.6 Å². The highest BCUT2D eigenvalue weighted by molar-refractivity contribution is 6.31. The summed E-state index contributed by atoms with van der Waals surface area (Å²) in [6, 6.07) is 11.1. The summed E-state index contributed by atoms with van der Waals surface area (Å²) in [5.74, 6) is -1.08. The molecule has 0 bridgehead atoms. The molecular weight excluding hydrogens is 343 g/mol. The SMILES string of the molecule is Cc1ccc(Cl)cc1N(C)C(=O)C1CC(=O)N(c2ccc(F)cc2)C1. The van der Waals surface area contributed by atoms with E-state index in [9.17, 15) is 14.0 Å². The lowest BCUT2D eigenvalue weighted by molar-refractivity contribution is -0.124. The molecule has 6 heteroatoms. The van der Waals surface area contributed by atoms with Gasteiger partial charge in [-0.3, -0.25) is 9.59 Å². The second-order valence-corrected chi connectivity index (χ2v) is 6.65. The third-order valence-electron chi connectivity index (χ3n) is 4.48. The van der Waals surface area contributed by atoms with Crippen LogP contribution in [0.25, 0.3) is 0 Å². The molecular formula is C19H18ClFN2O2. The number of carbonyl (C=O) groups is 2. The first-order valence-corrected chi connectivity index (χ1v) is 8.34. The second kappa shape index (κ2) is 6.84. The molecule has 0 aliphatic carbocycles. The molecule has 1 fully saturated rings. The van der Waals surface area contributed by atoms with Gasteiger partial charge in [-0.25, -0.2) is 4.39 Å². The average molecular weight is 361 g/mol. The maximum atomic E-state index is 13.1. The van der Waals surface area contributed by atoms with Crippen molar-refractivity contribution in [3.8, 4) is 0 Å². The van der Waals surface area contributed by atoms with Crippen molar-refractivity contribution in [2.75, 3.05) is 23.4 Å². The molecule has 0 radical (unpaired) electrons. The maximum absolute atomic E-state index is 13.1. The van der Waals surface area contributed by atoms with Crippen LogP contribution in [0.2, 0.25) is 5.02 Å². The molecule has 0 spiro atoms. The Morgan fingerprint density at radius 2 is 1.92 bits per heavy atom. The van der Waals surface area contributed by atoms with E-state index in [1.165, 1.54) is 17.0 Å². The molecule has 1 aliphatic rings. The van der Waals surface area contributed by atoms with Gasteiger partial charge in [-0.2, -0.15) is 0 Å². The van der Waals surface area contributed by atoms with Gasteiger partial charge in [-0.05, 0) is 48.9 Å². The van der Waals surface area contributed by atoms with Crippen LogP contribution in [0.15, 0.2) is 42.5 Å². The highest BCUT2D eigenvalue weighted by Crippen LogP contribution is 2.29. The van der Waals surface area contributed by atoms with Crippen molar-refractivity contribution in [2.24, 2.45) is 5.92 Å². The van der Waals surface area contributed by atoms with Gasteiger partial charge in [0, 0.05) is 36.4 Å². The third-order valence-corrected chi connectivity index (χ3v) is 4.71. The minimum Gasteiger partial charge on any atom is -0.315 e. The van der Waals surface area contributed by atoms with Gasteiger partial charge in [0.05, 0.1) is 5.92 Å². The molecule has 0 saturated carbocycles. The number of amides is 2. The van der Waals surface area contributed by atoms with Crippen LogP contribution in [0.3, 0.4) is 0 Å². The lowest BCUT2D eigenvalue weighted by Crippen LogP contribution is -2.35. The minimum atomic E-state index is -0.444. The standard InChI is InChI=1S/C19H18ClFN2O2/c1-12-3-4-14(20)10-17(12)22(2)19(25)13-9-18(24)23(11-13)16-7-5-15(21)6-8-16/h3-8,10,13H,9,11H2,1-2H3. The van der Waals surface area contributed by atoms with Gasteiger partial charge in [-0.15, -0.1) is 0 Å². The van der Waals surface area contributed by atoms with E-state index in [0.717, 1.165) is 11.3 Å². The number of hydrogen-bond donors (Lipinski definition) is 0. The maximum Gasteiger partial charge on any atom is 0.232 e. The summed E-state index contributed by atoms with van der Waals surface area (Å²) in [5.41, 5.74) is 2.26. The van der Waals surface area contributed by atoms with Crippen molar-refractivity contribution >= 4 is 34.8 Å². The molecule has 1 aliphatic heterocycles. The van der Waals surface area contributed by atoms with E-state index in [2.05, 4.69) is 0 Å². The van der Waals surface area contributed by atoms with Crippen molar-refractivity contribution < 1.29 is 14.0 Å². The number of halogens is 2. The molecule has 1 atom stereocenters. The first kappa shape index (κ1) is 17.4. The third kappa shape index (κ3) is 3.51. The normalized spacial score (nSPS) is 17.0. The zero-order valence-electron chi connectivity index (χ0n) is 14.0. The lowest BCUT2D eigenvalue weighted by atomic mass is 10.1. The Morgan fingerprint density at radius 1 is 1.24 bits per heavy atom. The van der Waals surface area contributed by atoms with Crippen molar-refractivity contribution in [1.82, 2.24) is 0 Å². The summed E-state index contributed by atoms with van der Waals surface area (Å²) in [7, 11) is 1.69. The van der Waals surface area contributed by atoms with Crippen LogP contribution in [0.1, 0.15) is 12.0 Å². The van der Waals surface area contributed by atoms with E-state index in [-0.39, 0.29) is 30.6 Å². The first-order chi connectivity index (χ1) is 11.9. The number of carbonyl (C=O) groups excluding carboxylic acids is 2. The van der Waals surface area contributed by atoms with Crippen molar-refractivity contribution in [3.63, 3.8) is 0 Å². The summed E-state index contributed by atoms with van der Waals surface area (Å²) in [6.45, 7) is 2.19. The van der Waals surface area contributed by atoms with Gasteiger partial charge >= 0.3 is 0 Å². The molecule has 0 aromatic heterocycles. The number of rotatable bonds is 3. The fraction of sp³-hybridized carbons (Fsp3) is 0.263. The van der Waals surface area contributed by atoms with E-state index >= 15 is 0 Å². The lowest BCUT2D eigenvalue weighted by Gasteiger charge is -2.23. The Bertz CT molecular complexity index is 823. The van der Waals surface area contributed by atoms with Crippen molar-refractivity contribution in [3.05, 3.63) is 58.9 Å². The molecule has 3 rings (SSSR count). The number of nitrogens with zero attached hydrogens (tertiary/aromatic N) is 2. The van der Waals surface area contributed by atoms with Crippen molar-refractivity contribution in [2.45, 2.75) is 13.3 Å². The average Bonchev–Trinajstić information content (AvgIpc) is 2.98. The quantitative estimate of drug-likeness (QED) is 0.835. The molecule has 2 amide bonds. The van der Waals surface area contributed by atoms with Crippen LogP contribution in [0.4, 0.5) is 15.8 Å². The van der Waals surface area contributed by atoms with E-state index in [1.54, 1.807) is 36.2 Å². The Hall–Kier alpha value is -2.40. The zero-order valence-corrected chi connectivity index (χ0v) is 14.8. The van der Waals surface area contributed by atoms with Crippen LogP contribution in [0.5, 0.6) is 0 Å². The smallest absolute Gasteiger partial charge is 0.232 e. The highest BCUT2D eigenvalue weighted by Gasteiger charge is 2.37. The molecule has 1 heterocycles. The molecule has 1 unspecified atom stereocenters.